The number of nitrogens with zero attached hydrogens (tertiary/aromatic N) is 3. The number of hydrogen-bond acceptors (Lipinski definition) is 4. The van der Waals surface area contributed by atoms with Crippen molar-refractivity contribution in [1.82, 2.24) is 19.9 Å². The van der Waals surface area contributed by atoms with Gasteiger partial charge in [-0.1, -0.05) is 12.1 Å². The Labute approximate surface area is 164 Å². The van der Waals surface area contributed by atoms with Crippen LogP contribution in [0.15, 0.2) is 47.3 Å². The van der Waals surface area contributed by atoms with Crippen LogP contribution in [-0.4, -0.2) is 27.0 Å². The van der Waals surface area contributed by atoms with Crippen LogP contribution < -0.4 is 11.0 Å². The van der Waals surface area contributed by atoms with Gasteiger partial charge in [-0.2, -0.15) is 4.98 Å². The summed E-state index contributed by atoms with van der Waals surface area (Å²) in [7, 11) is 0. The molecule has 0 aliphatic heterocycles. The molecule has 0 radical (unpaired) electrons. The van der Waals surface area contributed by atoms with E-state index in [-0.39, 0.29) is 11.6 Å². The summed E-state index contributed by atoms with van der Waals surface area (Å²) in [6.07, 6.45) is 0. The molecule has 2 aromatic heterocycles. The van der Waals surface area contributed by atoms with Crippen molar-refractivity contribution < 1.29 is 4.79 Å². The third-order valence-electron chi connectivity index (χ3n) is 4.49. The van der Waals surface area contributed by atoms with Gasteiger partial charge in [0.05, 0.1) is 5.69 Å². The number of carbonyl (C=O) groups excluding carboxylic acids is 1. The van der Waals surface area contributed by atoms with E-state index in [1.54, 1.807) is 17.6 Å². The van der Waals surface area contributed by atoms with Gasteiger partial charge >= 0.3 is 5.69 Å². The Morgan fingerprint density at radius 1 is 1.00 bits per heavy atom. The number of rotatable bonds is 5. The molecule has 1 aromatic carbocycles. The molecule has 0 unspecified atom stereocenters. The SMILES string of the molecule is Cc1cc(C)nc(-c2cccc(C(=O)NCCn3c(C)cc(C)nc3=O)c2)c1. The largest absolute Gasteiger partial charge is 0.350 e. The predicted octanol–water partition coefficient (Wildman–Crippen LogP) is 2.97. The highest BCUT2D eigenvalue weighted by atomic mass is 16.2. The average Bonchev–Trinajstić information content (AvgIpc) is 2.63. The molecular formula is C22H24N4O2. The maximum absolute atomic E-state index is 12.5. The van der Waals surface area contributed by atoms with Gasteiger partial charge in [0.2, 0.25) is 0 Å². The van der Waals surface area contributed by atoms with Gasteiger partial charge < -0.3 is 5.32 Å². The minimum atomic E-state index is -0.297. The molecule has 3 aromatic rings. The van der Waals surface area contributed by atoms with Gasteiger partial charge in [0.25, 0.3) is 5.91 Å². The summed E-state index contributed by atoms with van der Waals surface area (Å²) >= 11 is 0. The third kappa shape index (κ3) is 4.52. The summed E-state index contributed by atoms with van der Waals surface area (Å²) < 4.78 is 1.56. The summed E-state index contributed by atoms with van der Waals surface area (Å²) in [6.45, 7) is 8.35. The highest BCUT2D eigenvalue weighted by Crippen LogP contribution is 2.20. The quantitative estimate of drug-likeness (QED) is 0.743. The molecule has 144 valence electrons. The van der Waals surface area contributed by atoms with Gasteiger partial charge in [0, 0.05) is 41.3 Å². The lowest BCUT2D eigenvalue weighted by Crippen LogP contribution is -2.33. The third-order valence-corrected chi connectivity index (χ3v) is 4.49. The molecule has 6 heteroatoms. The van der Waals surface area contributed by atoms with Crippen molar-refractivity contribution in [2.45, 2.75) is 34.2 Å². The first kappa shape index (κ1) is 19.5. The molecule has 0 atom stereocenters. The predicted molar refractivity (Wildman–Crippen MR) is 109 cm³/mol. The van der Waals surface area contributed by atoms with Crippen molar-refractivity contribution in [3.05, 3.63) is 81.2 Å². The number of aromatic nitrogens is 3. The second kappa shape index (κ2) is 8.17. The van der Waals surface area contributed by atoms with E-state index in [0.717, 1.165) is 28.2 Å². The summed E-state index contributed by atoms with van der Waals surface area (Å²) in [6, 6.07) is 13.3. The zero-order valence-electron chi connectivity index (χ0n) is 16.6. The zero-order valence-corrected chi connectivity index (χ0v) is 16.6. The highest BCUT2D eigenvalue weighted by molar-refractivity contribution is 5.95. The van der Waals surface area contributed by atoms with Crippen LogP contribution in [0.5, 0.6) is 0 Å². The fourth-order valence-corrected chi connectivity index (χ4v) is 3.24. The number of nitrogens with one attached hydrogen (secondary N) is 1. The molecule has 0 fully saturated rings. The van der Waals surface area contributed by atoms with E-state index in [0.29, 0.717) is 24.3 Å². The first-order valence-corrected chi connectivity index (χ1v) is 9.22. The summed E-state index contributed by atoms with van der Waals surface area (Å²) in [5.41, 5.74) is 5.60. The second-order valence-electron chi connectivity index (χ2n) is 6.98. The first-order chi connectivity index (χ1) is 13.3. The van der Waals surface area contributed by atoms with Crippen molar-refractivity contribution in [1.29, 1.82) is 0 Å². The van der Waals surface area contributed by atoms with Crippen molar-refractivity contribution in [2.75, 3.05) is 6.54 Å². The van der Waals surface area contributed by atoms with Crippen LogP contribution in [0.2, 0.25) is 0 Å². The number of amides is 1. The zero-order chi connectivity index (χ0) is 20.3. The molecule has 1 amide bonds. The molecular weight excluding hydrogens is 352 g/mol. The number of pyridine rings is 1. The molecule has 6 nitrogen and oxygen atoms in total. The maximum Gasteiger partial charge on any atom is 0.348 e. The fraction of sp³-hybridized carbons (Fsp3) is 0.273. The molecule has 0 aliphatic carbocycles. The first-order valence-electron chi connectivity index (χ1n) is 9.22. The molecule has 1 N–H and O–H groups in total. The Morgan fingerprint density at radius 2 is 1.75 bits per heavy atom. The summed E-state index contributed by atoms with van der Waals surface area (Å²) in [5.74, 6) is -0.183. The van der Waals surface area contributed by atoms with Crippen LogP contribution in [0.1, 0.15) is 33.0 Å². The van der Waals surface area contributed by atoms with E-state index < -0.39 is 0 Å². The van der Waals surface area contributed by atoms with E-state index in [1.807, 2.05) is 57.2 Å². The molecule has 28 heavy (non-hydrogen) atoms. The Morgan fingerprint density at radius 3 is 2.46 bits per heavy atom. The van der Waals surface area contributed by atoms with Crippen molar-refractivity contribution in [3.63, 3.8) is 0 Å². The minimum Gasteiger partial charge on any atom is -0.350 e. The lowest BCUT2D eigenvalue weighted by Gasteiger charge is -2.11. The maximum atomic E-state index is 12.5. The molecule has 3 rings (SSSR count). The van der Waals surface area contributed by atoms with Gasteiger partial charge in [-0.15, -0.1) is 0 Å². The molecule has 0 spiro atoms. The van der Waals surface area contributed by atoms with Crippen LogP contribution in [-0.2, 0) is 6.54 Å². The van der Waals surface area contributed by atoms with Gasteiger partial charge in [0.1, 0.15) is 0 Å². The number of hydrogen-bond donors (Lipinski definition) is 1. The minimum absolute atomic E-state index is 0.183. The van der Waals surface area contributed by atoms with Gasteiger partial charge in [0.15, 0.2) is 0 Å². The van der Waals surface area contributed by atoms with Crippen LogP contribution in [0, 0.1) is 27.7 Å². The Kier molecular flexibility index (Phi) is 5.68. The van der Waals surface area contributed by atoms with E-state index >= 15 is 0 Å². The van der Waals surface area contributed by atoms with E-state index in [1.165, 1.54) is 0 Å². The normalized spacial score (nSPS) is 10.7. The van der Waals surface area contributed by atoms with Crippen molar-refractivity contribution in [3.8, 4) is 11.3 Å². The van der Waals surface area contributed by atoms with Crippen LogP contribution in [0.3, 0.4) is 0 Å². The van der Waals surface area contributed by atoms with Crippen LogP contribution in [0.25, 0.3) is 11.3 Å². The average molecular weight is 376 g/mol. The van der Waals surface area contributed by atoms with Crippen molar-refractivity contribution >= 4 is 5.91 Å². The van der Waals surface area contributed by atoms with Gasteiger partial charge in [-0.05, 0) is 63.6 Å². The summed E-state index contributed by atoms with van der Waals surface area (Å²) in [4.78, 5) is 33.0. The topological polar surface area (TPSA) is 76.9 Å². The monoisotopic (exact) mass is 376 g/mol. The molecule has 0 bridgehead atoms. The lowest BCUT2D eigenvalue weighted by molar-refractivity contribution is 0.0952. The molecule has 0 saturated heterocycles. The standard InChI is InChI=1S/C22H24N4O2/c1-14-10-15(2)24-20(11-14)18-6-5-7-19(13-18)21(27)23-8-9-26-17(4)12-16(3)25-22(26)28/h5-7,10-13H,8-9H2,1-4H3,(H,23,27). The molecule has 2 heterocycles. The summed E-state index contributed by atoms with van der Waals surface area (Å²) in [5, 5.41) is 2.87. The second-order valence-corrected chi connectivity index (χ2v) is 6.98. The number of aryl methyl sites for hydroxylation is 4. The molecule has 0 saturated carbocycles. The number of benzene rings is 1. The van der Waals surface area contributed by atoms with Gasteiger partial charge in [-0.25, -0.2) is 4.79 Å². The van der Waals surface area contributed by atoms with Crippen LogP contribution in [0.4, 0.5) is 0 Å². The molecule has 0 aliphatic rings. The Hall–Kier alpha value is -3.28. The Balaban J connectivity index is 1.71. The van der Waals surface area contributed by atoms with Crippen LogP contribution >= 0.6 is 0 Å². The highest BCUT2D eigenvalue weighted by Gasteiger charge is 2.09. The smallest absolute Gasteiger partial charge is 0.348 e. The lowest BCUT2D eigenvalue weighted by atomic mass is 10.1. The van der Waals surface area contributed by atoms with E-state index in [4.69, 9.17) is 0 Å². The van der Waals surface area contributed by atoms with Gasteiger partial charge in [-0.3, -0.25) is 14.3 Å². The van der Waals surface area contributed by atoms with E-state index in [2.05, 4.69) is 15.3 Å². The number of carbonyl (C=O) groups is 1. The fourth-order valence-electron chi connectivity index (χ4n) is 3.24. The Bertz CT molecular complexity index is 1070. The van der Waals surface area contributed by atoms with Crippen molar-refractivity contribution in [2.24, 2.45) is 0 Å². The van der Waals surface area contributed by atoms with E-state index in [9.17, 15) is 9.59 Å².